The van der Waals surface area contributed by atoms with Crippen LogP contribution in [-0.2, 0) is 16.1 Å². The van der Waals surface area contributed by atoms with Crippen molar-refractivity contribution in [3.63, 3.8) is 0 Å². The summed E-state index contributed by atoms with van der Waals surface area (Å²) in [5.74, 6) is -0.559. The number of pyridine rings is 1. The summed E-state index contributed by atoms with van der Waals surface area (Å²) in [4.78, 5) is 28.8. The molecule has 118 valence electrons. The third-order valence-corrected chi connectivity index (χ3v) is 4.27. The Morgan fingerprint density at radius 2 is 1.78 bits per heavy atom. The molecule has 0 spiro atoms. The second-order valence-electron chi connectivity index (χ2n) is 5.55. The van der Waals surface area contributed by atoms with E-state index in [0.29, 0.717) is 30.1 Å². The van der Waals surface area contributed by atoms with Gasteiger partial charge in [0.25, 0.3) is 0 Å². The van der Waals surface area contributed by atoms with Gasteiger partial charge in [-0.25, -0.2) is 0 Å². The van der Waals surface area contributed by atoms with Gasteiger partial charge in [0.2, 0.25) is 11.8 Å². The Hall–Kier alpha value is -2.40. The predicted molar refractivity (Wildman–Crippen MR) is 87.8 cm³/mol. The van der Waals surface area contributed by atoms with Gasteiger partial charge in [0.15, 0.2) is 0 Å². The van der Waals surface area contributed by atoms with E-state index in [4.69, 9.17) is 11.6 Å². The lowest BCUT2D eigenvalue weighted by Crippen LogP contribution is -2.39. The molecule has 0 atom stereocenters. The highest BCUT2D eigenvalue weighted by Crippen LogP contribution is 2.47. The molecule has 2 N–H and O–H groups in total. The minimum atomic E-state index is -0.980. The number of aromatic nitrogens is 1. The fourth-order valence-corrected chi connectivity index (χ4v) is 2.52. The fraction of sp³-hybridized carbons (Fsp3) is 0.235. The minimum Gasteiger partial charge on any atom is -0.351 e. The molecular formula is C17H16ClN3O2. The summed E-state index contributed by atoms with van der Waals surface area (Å²) in [6, 6.07) is 10.6. The monoisotopic (exact) mass is 329 g/mol. The van der Waals surface area contributed by atoms with Gasteiger partial charge in [-0.1, -0.05) is 23.7 Å². The molecule has 1 saturated carbocycles. The van der Waals surface area contributed by atoms with Gasteiger partial charge in [0, 0.05) is 18.9 Å². The van der Waals surface area contributed by atoms with Crippen LogP contribution in [0, 0.1) is 5.41 Å². The van der Waals surface area contributed by atoms with Crippen LogP contribution in [0.3, 0.4) is 0 Å². The zero-order valence-corrected chi connectivity index (χ0v) is 13.1. The number of amides is 2. The summed E-state index contributed by atoms with van der Waals surface area (Å²) in [5, 5.41) is 6.03. The molecule has 0 saturated heterocycles. The van der Waals surface area contributed by atoms with E-state index in [9.17, 15) is 9.59 Å². The number of benzene rings is 1. The average Bonchev–Trinajstić information content (AvgIpc) is 3.38. The molecule has 23 heavy (non-hydrogen) atoms. The largest absolute Gasteiger partial charge is 0.351 e. The zero-order valence-electron chi connectivity index (χ0n) is 12.4. The Kier molecular flexibility index (Phi) is 4.30. The molecule has 1 heterocycles. The maximum Gasteiger partial charge on any atom is 0.240 e. The number of carbonyl (C=O) groups is 2. The lowest BCUT2D eigenvalue weighted by Gasteiger charge is -2.16. The highest BCUT2D eigenvalue weighted by atomic mass is 35.5. The van der Waals surface area contributed by atoms with Crippen LogP contribution < -0.4 is 10.6 Å². The number of anilines is 1. The molecule has 1 aromatic heterocycles. The molecule has 3 rings (SSSR count). The van der Waals surface area contributed by atoms with E-state index >= 15 is 0 Å². The van der Waals surface area contributed by atoms with Crippen LogP contribution in [0.15, 0.2) is 48.8 Å². The second kappa shape index (κ2) is 6.38. The van der Waals surface area contributed by atoms with Gasteiger partial charge in [-0.15, -0.1) is 0 Å². The summed E-state index contributed by atoms with van der Waals surface area (Å²) in [5.41, 5.74) is 0.481. The summed E-state index contributed by atoms with van der Waals surface area (Å²) >= 11 is 6.04. The number of nitrogens with zero attached hydrogens (tertiary/aromatic N) is 1. The normalized spacial score (nSPS) is 14.8. The number of para-hydroxylation sites is 1. The van der Waals surface area contributed by atoms with Crippen LogP contribution in [0.2, 0.25) is 5.02 Å². The number of hydrogen-bond acceptors (Lipinski definition) is 3. The zero-order chi connectivity index (χ0) is 16.3. The lowest BCUT2D eigenvalue weighted by atomic mass is 10.0. The molecule has 2 aromatic rings. The van der Waals surface area contributed by atoms with Gasteiger partial charge >= 0.3 is 0 Å². The molecule has 1 fully saturated rings. The van der Waals surface area contributed by atoms with E-state index in [1.54, 1.807) is 36.7 Å². The second-order valence-corrected chi connectivity index (χ2v) is 5.96. The van der Waals surface area contributed by atoms with E-state index in [2.05, 4.69) is 15.6 Å². The highest BCUT2D eigenvalue weighted by molar-refractivity contribution is 6.34. The van der Waals surface area contributed by atoms with Crippen molar-refractivity contribution in [3.05, 3.63) is 59.4 Å². The molecule has 0 aliphatic heterocycles. The molecule has 0 bridgehead atoms. The summed E-state index contributed by atoms with van der Waals surface area (Å²) < 4.78 is 0. The van der Waals surface area contributed by atoms with Crippen molar-refractivity contribution in [1.82, 2.24) is 10.3 Å². The Bertz CT molecular complexity index is 730. The smallest absolute Gasteiger partial charge is 0.240 e. The van der Waals surface area contributed by atoms with Crippen molar-refractivity contribution in [2.75, 3.05) is 5.32 Å². The van der Waals surface area contributed by atoms with Crippen molar-refractivity contribution in [3.8, 4) is 0 Å². The number of rotatable bonds is 5. The molecule has 1 aliphatic carbocycles. The predicted octanol–water partition coefficient (Wildman–Crippen LogP) is 2.77. The maximum absolute atomic E-state index is 12.5. The van der Waals surface area contributed by atoms with Crippen molar-refractivity contribution >= 4 is 29.1 Å². The summed E-state index contributed by atoms with van der Waals surface area (Å²) in [6.07, 6.45) is 4.42. The first-order valence-corrected chi connectivity index (χ1v) is 7.73. The van der Waals surface area contributed by atoms with E-state index in [-0.39, 0.29) is 11.8 Å². The highest BCUT2D eigenvalue weighted by Gasteiger charge is 2.56. The molecule has 6 heteroatoms. The molecule has 2 amide bonds. The molecule has 5 nitrogen and oxygen atoms in total. The molecule has 0 radical (unpaired) electrons. The van der Waals surface area contributed by atoms with E-state index < -0.39 is 5.41 Å². The fourth-order valence-electron chi connectivity index (χ4n) is 2.34. The molecular weight excluding hydrogens is 314 g/mol. The summed E-state index contributed by atoms with van der Waals surface area (Å²) in [7, 11) is 0. The Balaban J connectivity index is 1.63. The average molecular weight is 330 g/mol. The van der Waals surface area contributed by atoms with Gasteiger partial charge in [0.05, 0.1) is 10.7 Å². The van der Waals surface area contributed by atoms with Gasteiger partial charge in [-0.05, 0) is 42.7 Å². The Morgan fingerprint density at radius 1 is 1.09 bits per heavy atom. The SMILES string of the molecule is O=C(NCc1ccncc1)C1(C(=O)Nc2ccccc2Cl)CC1. The molecule has 1 aliphatic rings. The molecule has 1 aromatic carbocycles. The molecule has 0 unspecified atom stereocenters. The standard InChI is InChI=1S/C17H16ClN3O2/c18-13-3-1-2-4-14(13)21-16(23)17(7-8-17)15(22)20-11-12-5-9-19-10-6-12/h1-6,9-10H,7-8,11H2,(H,20,22)(H,21,23). The van der Waals surface area contributed by atoms with Gasteiger partial charge in [-0.2, -0.15) is 0 Å². The van der Waals surface area contributed by atoms with E-state index in [0.717, 1.165) is 5.56 Å². The van der Waals surface area contributed by atoms with E-state index in [1.807, 2.05) is 12.1 Å². The number of carbonyl (C=O) groups excluding carboxylic acids is 2. The van der Waals surface area contributed by atoms with Crippen molar-refractivity contribution < 1.29 is 9.59 Å². The van der Waals surface area contributed by atoms with Crippen LogP contribution in [-0.4, -0.2) is 16.8 Å². The van der Waals surface area contributed by atoms with Gasteiger partial charge < -0.3 is 10.6 Å². The van der Waals surface area contributed by atoms with Crippen molar-refractivity contribution in [2.45, 2.75) is 19.4 Å². The number of hydrogen-bond donors (Lipinski definition) is 2. The number of nitrogens with one attached hydrogen (secondary N) is 2. The van der Waals surface area contributed by atoms with Crippen LogP contribution in [0.5, 0.6) is 0 Å². The summed E-state index contributed by atoms with van der Waals surface area (Å²) in [6.45, 7) is 0.377. The van der Waals surface area contributed by atoms with Crippen molar-refractivity contribution in [2.24, 2.45) is 5.41 Å². The Morgan fingerprint density at radius 3 is 2.43 bits per heavy atom. The van der Waals surface area contributed by atoms with Gasteiger partial charge in [0.1, 0.15) is 5.41 Å². The first-order chi connectivity index (χ1) is 11.1. The topological polar surface area (TPSA) is 71.1 Å². The van der Waals surface area contributed by atoms with Gasteiger partial charge in [-0.3, -0.25) is 14.6 Å². The lowest BCUT2D eigenvalue weighted by molar-refractivity contribution is -0.134. The minimum absolute atomic E-state index is 0.251. The third kappa shape index (κ3) is 3.35. The van der Waals surface area contributed by atoms with Crippen LogP contribution in [0.4, 0.5) is 5.69 Å². The van der Waals surface area contributed by atoms with Crippen LogP contribution in [0.1, 0.15) is 18.4 Å². The quantitative estimate of drug-likeness (QED) is 0.829. The third-order valence-electron chi connectivity index (χ3n) is 3.94. The van der Waals surface area contributed by atoms with Crippen LogP contribution >= 0.6 is 11.6 Å². The number of halogens is 1. The first-order valence-electron chi connectivity index (χ1n) is 7.35. The van der Waals surface area contributed by atoms with Crippen LogP contribution in [0.25, 0.3) is 0 Å². The van der Waals surface area contributed by atoms with E-state index in [1.165, 1.54) is 0 Å². The first kappa shape index (κ1) is 15.5. The van der Waals surface area contributed by atoms with Crippen molar-refractivity contribution in [1.29, 1.82) is 0 Å². The maximum atomic E-state index is 12.5. The Labute approximate surface area is 139 Å².